The molecule has 0 amide bonds. The fourth-order valence-electron chi connectivity index (χ4n) is 1.43. The van der Waals surface area contributed by atoms with Gasteiger partial charge in [-0.25, -0.2) is 0 Å². The molecule has 1 atom stereocenters. The van der Waals surface area contributed by atoms with Gasteiger partial charge in [0, 0.05) is 11.0 Å². The fraction of sp³-hybridized carbons (Fsp3) is 0.538. The minimum Gasteiger partial charge on any atom is -0.366 e. The maximum atomic E-state index is 6.03. The van der Waals surface area contributed by atoms with Crippen molar-refractivity contribution >= 4 is 15.9 Å². The van der Waals surface area contributed by atoms with E-state index < -0.39 is 0 Å². The highest BCUT2D eigenvalue weighted by Crippen LogP contribution is 2.26. The highest BCUT2D eigenvalue weighted by Gasteiger charge is 2.22. The molecule has 0 heterocycles. The van der Waals surface area contributed by atoms with Crippen molar-refractivity contribution in [3.63, 3.8) is 0 Å². The van der Waals surface area contributed by atoms with Gasteiger partial charge in [0.2, 0.25) is 0 Å². The molecule has 2 N–H and O–H groups in total. The molecule has 0 saturated carbocycles. The lowest BCUT2D eigenvalue weighted by molar-refractivity contribution is -0.0713. The van der Waals surface area contributed by atoms with Crippen LogP contribution < -0.4 is 5.73 Å². The second-order valence-electron chi connectivity index (χ2n) is 4.51. The Hall–Kier alpha value is -0.380. The summed E-state index contributed by atoms with van der Waals surface area (Å²) in [5.74, 6) is 0. The van der Waals surface area contributed by atoms with Crippen LogP contribution >= 0.6 is 15.9 Å². The van der Waals surface area contributed by atoms with Gasteiger partial charge in [-0.05, 0) is 38.0 Å². The third-order valence-corrected chi connectivity index (χ3v) is 3.24. The predicted molar refractivity (Wildman–Crippen MR) is 71.4 cm³/mol. The lowest BCUT2D eigenvalue weighted by Gasteiger charge is -2.29. The smallest absolute Gasteiger partial charge is 0.0954 e. The molecule has 3 heteroatoms. The third-order valence-electron chi connectivity index (χ3n) is 2.75. The zero-order chi connectivity index (χ0) is 12.2. The van der Waals surface area contributed by atoms with E-state index in [-0.39, 0.29) is 11.7 Å². The summed E-state index contributed by atoms with van der Waals surface area (Å²) in [5, 5.41) is 0. The van der Waals surface area contributed by atoms with E-state index in [4.69, 9.17) is 10.5 Å². The predicted octanol–water partition coefficient (Wildman–Crippen LogP) is 3.65. The maximum Gasteiger partial charge on any atom is 0.0954 e. The molecule has 1 aromatic rings. The Morgan fingerprint density at radius 1 is 1.44 bits per heavy atom. The van der Waals surface area contributed by atoms with Crippen molar-refractivity contribution in [3.05, 3.63) is 34.3 Å². The first-order valence-electron chi connectivity index (χ1n) is 5.62. The number of benzene rings is 1. The van der Waals surface area contributed by atoms with Crippen LogP contribution in [0.15, 0.2) is 28.7 Å². The summed E-state index contributed by atoms with van der Waals surface area (Å²) in [6.07, 6.45) is 0.935. The minimum atomic E-state index is -0.133. The number of ether oxygens (including phenoxy) is 1. The first kappa shape index (κ1) is 13.7. The summed E-state index contributed by atoms with van der Waals surface area (Å²) in [4.78, 5) is 0. The molecule has 16 heavy (non-hydrogen) atoms. The SMILES string of the molecule is CCC(C)(C)OC(CN)c1cccc(Br)c1. The van der Waals surface area contributed by atoms with Crippen LogP contribution in [-0.4, -0.2) is 12.1 Å². The number of halogens is 1. The Morgan fingerprint density at radius 2 is 2.12 bits per heavy atom. The molecule has 0 saturated heterocycles. The van der Waals surface area contributed by atoms with Crippen LogP contribution in [0.5, 0.6) is 0 Å². The first-order valence-corrected chi connectivity index (χ1v) is 6.41. The molecular weight excluding hydrogens is 266 g/mol. The van der Waals surface area contributed by atoms with Crippen molar-refractivity contribution in [1.82, 2.24) is 0 Å². The normalized spacial score (nSPS) is 13.8. The Balaban J connectivity index is 2.82. The van der Waals surface area contributed by atoms with Crippen molar-refractivity contribution < 1.29 is 4.74 Å². The van der Waals surface area contributed by atoms with Gasteiger partial charge in [0.05, 0.1) is 11.7 Å². The van der Waals surface area contributed by atoms with Gasteiger partial charge in [-0.2, -0.15) is 0 Å². The molecule has 0 aromatic heterocycles. The van der Waals surface area contributed by atoms with Gasteiger partial charge in [0.15, 0.2) is 0 Å². The highest BCUT2D eigenvalue weighted by molar-refractivity contribution is 9.10. The molecule has 1 aromatic carbocycles. The van der Waals surface area contributed by atoms with Crippen LogP contribution in [0.2, 0.25) is 0 Å². The van der Waals surface area contributed by atoms with Gasteiger partial charge < -0.3 is 10.5 Å². The molecule has 1 rings (SSSR count). The number of hydrogen-bond donors (Lipinski definition) is 1. The van der Waals surface area contributed by atoms with E-state index in [1.165, 1.54) is 0 Å². The van der Waals surface area contributed by atoms with Gasteiger partial charge in [0.25, 0.3) is 0 Å². The topological polar surface area (TPSA) is 35.2 Å². The van der Waals surface area contributed by atoms with Gasteiger partial charge >= 0.3 is 0 Å². The van der Waals surface area contributed by atoms with Crippen LogP contribution in [-0.2, 0) is 4.74 Å². The highest BCUT2D eigenvalue weighted by atomic mass is 79.9. The Labute approximate surface area is 106 Å². The quantitative estimate of drug-likeness (QED) is 0.896. The molecule has 0 aliphatic carbocycles. The van der Waals surface area contributed by atoms with Crippen LogP contribution in [0, 0.1) is 0 Å². The molecular formula is C13H20BrNO. The Kier molecular flexibility index (Phi) is 4.96. The molecule has 1 unspecified atom stereocenters. The Bertz CT molecular complexity index is 338. The van der Waals surface area contributed by atoms with Crippen molar-refractivity contribution in [2.24, 2.45) is 5.73 Å². The summed E-state index contributed by atoms with van der Waals surface area (Å²) in [6.45, 7) is 6.80. The standard InChI is InChI=1S/C13H20BrNO/c1-4-13(2,3)16-12(9-15)10-6-5-7-11(14)8-10/h5-8,12H,4,9,15H2,1-3H3. The zero-order valence-electron chi connectivity index (χ0n) is 10.2. The first-order chi connectivity index (χ1) is 7.48. The monoisotopic (exact) mass is 285 g/mol. The fourth-order valence-corrected chi connectivity index (χ4v) is 1.84. The molecule has 0 aliphatic rings. The molecule has 0 aliphatic heterocycles. The lowest BCUT2D eigenvalue weighted by Crippen LogP contribution is -2.29. The van der Waals surface area contributed by atoms with E-state index in [9.17, 15) is 0 Å². The van der Waals surface area contributed by atoms with Crippen LogP contribution in [0.25, 0.3) is 0 Å². The van der Waals surface area contributed by atoms with Gasteiger partial charge in [-0.15, -0.1) is 0 Å². The number of hydrogen-bond acceptors (Lipinski definition) is 2. The molecule has 0 fully saturated rings. The van der Waals surface area contributed by atoms with Crippen molar-refractivity contribution in [3.8, 4) is 0 Å². The second kappa shape index (κ2) is 5.80. The number of rotatable bonds is 5. The second-order valence-corrected chi connectivity index (χ2v) is 5.43. The van der Waals surface area contributed by atoms with E-state index >= 15 is 0 Å². The molecule has 0 spiro atoms. The average molecular weight is 286 g/mol. The van der Waals surface area contributed by atoms with Crippen LogP contribution in [0.1, 0.15) is 38.9 Å². The third kappa shape index (κ3) is 3.89. The molecule has 0 radical (unpaired) electrons. The van der Waals surface area contributed by atoms with Gasteiger partial charge in [-0.1, -0.05) is 35.0 Å². The summed E-state index contributed by atoms with van der Waals surface area (Å²) >= 11 is 3.46. The van der Waals surface area contributed by atoms with E-state index in [0.717, 1.165) is 16.5 Å². The van der Waals surface area contributed by atoms with E-state index in [0.29, 0.717) is 6.54 Å². The maximum absolute atomic E-state index is 6.03. The van der Waals surface area contributed by atoms with Crippen molar-refractivity contribution in [1.29, 1.82) is 0 Å². The summed E-state index contributed by atoms with van der Waals surface area (Å²) in [6, 6.07) is 8.11. The Morgan fingerprint density at radius 3 is 2.62 bits per heavy atom. The zero-order valence-corrected chi connectivity index (χ0v) is 11.8. The molecule has 0 bridgehead atoms. The summed E-state index contributed by atoms with van der Waals surface area (Å²) in [7, 11) is 0. The molecule has 90 valence electrons. The van der Waals surface area contributed by atoms with Gasteiger partial charge in [-0.3, -0.25) is 0 Å². The average Bonchev–Trinajstić information content (AvgIpc) is 2.26. The summed E-state index contributed by atoms with van der Waals surface area (Å²) < 4.78 is 7.09. The largest absolute Gasteiger partial charge is 0.366 e. The lowest BCUT2D eigenvalue weighted by atomic mass is 10.0. The van der Waals surface area contributed by atoms with E-state index in [1.54, 1.807) is 0 Å². The summed E-state index contributed by atoms with van der Waals surface area (Å²) in [5.41, 5.74) is 6.77. The van der Waals surface area contributed by atoms with E-state index in [2.05, 4.69) is 42.8 Å². The number of nitrogens with two attached hydrogens (primary N) is 1. The molecule has 2 nitrogen and oxygen atoms in total. The van der Waals surface area contributed by atoms with Crippen molar-refractivity contribution in [2.75, 3.05) is 6.54 Å². The van der Waals surface area contributed by atoms with E-state index in [1.807, 2.05) is 18.2 Å². The van der Waals surface area contributed by atoms with Crippen molar-refractivity contribution in [2.45, 2.75) is 38.9 Å². The van der Waals surface area contributed by atoms with Crippen LogP contribution in [0.3, 0.4) is 0 Å². The van der Waals surface area contributed by atoms with Crippen LogP contribution in [0.4, 0.5) is 0 Å². The van der Waals surface area contributed by atoms with Gasteiger partial charge in [0.1, 0.15) is 0 Å². The minimum absolute atomic E-state index is 0.0348.